The van der Waals surface area contributed by atoms with E-state index in [0.29, 0.717) is 22.0 Å². The van der Waals surface area contributed by atoms with Crippen LogP contribution in [0.4, 0.5) is 0 Å². The second-order valence-corrected chi connectivity index (χ2v) is 6.91. The van der Waals surface area contributed by atoms with Crippen LogP contribution in [0.15, 0.2) is 29.3 Å². The highest BCUT2D eigenvalue weighted by molar-refractivity contribution is 6.31. The summed E-state index contributed by atoms with van der Waals surface area (Å²) >= 11 is 6.23. The average molecular weight is 386 g/mol. The number of hydrogen-bond acceptors (Lipinski definition) is 4. The van der Waals surface area contributed by atoms with E-state index in [4.69, 9.17) is 11.6 Å². The van der Waals surface area contributed by atoms with Gasteiger partial charge in [-0.1, -0.05) is 11.6 Å². The molecule has 1 amide bonds. The number of pyridine rings is 1. The monoisotopic (exact) mass is 385 g/mol. The van der Waals surface area contributed by atoms with Crippen molar-refractivity contribution in [3.05, 3.63) is 73.7 Å². The van der Waals surface area contributed by atoms with Crippen LogP contribution in [0.2, 0.25) is 5.02 Å². The van der Waals surface area contributed by atoms with E-state index in [0.717, 1.165) is 22.5 Å². The molecule has 1 aromatic carbocycles. The lowest BCUT2D eigenvalue weighted by molar-refractivity contribution is 0.0950. The molecule has 3 aromatic rings. The third kappa shape index (κ3) is 3.78. The number of hydrogen-bond donors (Lipinski definition) is 2. The minimum Gasteiger partial charge on any atom is -0.348 e. The minimum absolute atomic E-state index is 0.132. The Morgan fingerprint density at radius 2 is 1.96 bits per heavy atom. The number of aromatic nitrogens is 4. The minimum atomic E-state index is -0.304. The van der Waals surface area contributed by atoms with E-state index < -0.39 is 0 Å². The maximum absolute atomic E-state index is 12.8. The molecule has 0 saturated heterocycles. The molecule has 2 N–H and O–H groups in total. The van der Waals surface area contributed by atoms with Gasteiger partial charge in [-0.25, -0.2) is 0 Å². The van der Waals surface area contributed by atoms with Crippen LogP contribution in [0.3, 0.4) is 0 Å². The number of nitrogens with zero attached hydrogens (tertiary/aromatic N) is 3. The zero-order valence-electron chi connectivity index (χ0n) is 15.6. The van der Waals surface area contributed by atoms with Crippen molar-refractivity contribution in [3.8, 4) is 5.69 Å². The van der Waals surface area contributed by atoms with Gasteiger partial charge < -0.3 is 10.3 Å². The zero-order valence-corrected chi connectivity index (χ0v) is 16.3. The Labute approximate surface area is 161 Å². The molecule has 0 unspecified atom stereocenters. The molecular formula is C19H20ClN5O2. The lowest BCUT2D eigenvalue weighted by Crippen LogP contribution is -2.28. The summed E-state index contributed by atoms with van der Waals surface area (Å²) in [6.45, 7) is 7.46. The average Bonchev–Trinajstić information content (AvgIpc) is 3.01. The Kier molecular flexibility index (Phi) is 5.14. The van der Waals surface area contributed by atoms with Gasteiger partial charge in [-0.05, 0) is 57.0 Å². The van der Waals surface area contributed by atoms with Gasteiger partial charge in [0.1, 0.15) is 12.2 Å². The number of aromatic amines is 1. The lowest BCUT2D eigenvalue weighted by Gasteiger charge is -2.14. The summed E-state index contributed by atoms with van der Waals surface area (Å²) in [7, 11) is 0. The van der Waals surface area contributed by atoms with Gasteiger partial charge in [-0.2, -0.15) is 0 Å². The van der Waals surface area contributed by atoms with Crippen molar-refractivity contribution in [2.24, 2.45) is 0 Å². The molecule has 0 bridgehead atoms. The summed E-state index contributed by atoms with van der Waals surface area (Å²) < 4.78 is 1.77. The van der Waals surface area contributed by atoms with Crippen molar-refractivity contribution in [1.82, 2.24) is 25.1 Å². The van der Waals surface area contributed by atoms with Crippen LogP contribution < -0.4 is 10.9 Å². The molecular weight excluding hydrogens is 366 g/mol. The highest BCUT2D eigenvalue weighted by atomic mass is 35.5. The van der Waals surface area contributed by atoms with Crippen molar-refractivity contribution in [2.75, 3.05) is 0 Å². The van der Waals surface area contributed by atoms with Crippen LogP contribution in [0.25, 0.3) is 5.69 Å². The molecule has 2 heterocycles. The number of rotatable bonds is 4. The van der Waals surface area contributed by atoms with E-state index in [-0.39, 0.29) is 18.0 Å². The van der Waals surface area contributed by atoms with Gasteiger partial charge in [0, 0.05) is 28.4 Å². The number of benzene rings is 1. The van der Waals surface area contributed by atoms with Gasteiger partial charge in [-0.3, -0.25) is 14.2 Å². The van der Waals surface area contributed by atoms with Crippen LogP contribution in [-0.4, -0.2) is 25.7 Å². The second-order valence-electron chi connectivity index (χ2n) is 6.47. The first-order chi connectivity index (χ1) is 12.8. The lowest BCUT2D eigenvalue weighted by atomic mass is 10.0. The first-order valence-electron chi connectivity index (χ1n) is 8.42. The summed E-state index contributed by atoms with van der Waals surface area (Å²) in [4.78, 5) is 27.6. The Morgan fingerprint density at radius 3 is 2.59 bits per heavy atom. The van der Waals surface area contributed by atoms with Gasteiger partial charge in [0.2, 0.25) is 0 Å². The summed E-state index contributed by atoms with van der Waals surface area (Å²) in [5, 5.41) is 11.1. The number of carbonyl (C=O) groups excluding carboxylic acids is 1. The van der Waals surface area contributed by atoms with E-state index in [1.807, 2.05) is 33.8 Å². The Balaban J connectivity index is 1.91. The van der Waals surface area contributed by atoms with Crippen LogP contribution in [0, 0.1) is 27.7 Å². The van der Waals surface area contributed by atoms with Gasteiger partial charge in [0.15, 0.2) is 0 Å². The number of nitrogens with one attached hydrogen (secondary N) is 2. The van der Waals surface area contributed by atoms with E-state index in [1.165, 1.54) is 0 Å². The molecule has 7 nitrogen and oxygen atoms in total. The number of halogens is 1. The standard InChI is InChI=1S/C19H20ClN5O2/c1-10-5-11(2)23-19(27)16(10)8-21-18(26)15-6-14(20)7-17(12(15)3)25-9-22-24-13(25)4/h5-7,9H,8H2,1-4H3,(H,21,26)(H,23,27). The molecule has 27 heavy (non-hydrogen) atoms. The molecule has 0 radical (unpaired) electrons. The summed E-state index contributed by atoms with van der Waals surface area (Å²) in [5.41, 5.74) is 3.87. The van der Waals surface area contributed by atoms with Gasteiger partial charge in [-0.15, -0.1) is 10.2 Å². The van der Waals surface area contributed by atoms with Crippen LogP contribution in [-0.2, 0) is 6.54 Å². The predicted molar refractivity (Wildman–Crippen MR) is 104 cm³/mol. The number of H-pyrrole nitrogens is 1. The van der Waals surface area contributed by atoms with E-state index in [1.54, 1.807) is 23.0 Å². The second kappa shape index (κ2) is 7.36. The first-order valence-corrected chi connectivity index (χ1v) is 8.80. The quantitative estimate of drug-likeness (QED) is 0.722. The van der Waals surface area contributed by atoms with Crippen LogP contribution >= 0.6 is 11.6 Å². The molecule has 0 aliphatic carbocycles. The fourth-order valence-electron chi connectivity index (χ4n) is 3.05. The number of carbonyl (C=O) groups is 1. The molecule has 0 atom stereocenters. The molecule has 8 heteroatoms. The highest BCUT2D eigenvalue weighted by Gasteiger charge is 2.16. The molecule has 2 aromatic heterocycles. The maximum Gasteiger partial charge on any atom is 0.253 e. The van der Waals surface area contributed by atoms with E-state index >= 15 is 0 Å². The molecule has 0 fully saturated rings. The number of aryl methyl sites for hydroxylation is 3. The largest absolute Gasteiger partial charge is 0.348 e. The van der Waals surface area contributed by atoms with E-state index in [2.05, 4.69) is 20.5 Å². The van der Waals surface area contributed by atoms with E-state index in [9.17, 15) is 9.59 Å². The zero-order chi connectivity index (χ0) is 19.7. The van der Waals surface area contributed by atoms with Crippen molar-refractivity contribution >= 4 is 17.5 Å². The third-order valence-corrected chi connectivity index (χ3v) is 4.71. The molecule has 0 aliphatic heterocycles. The molecule has 140 valence electrons. The van der Waals surface area contributed by atoms with Gasteiger partial charge >= 0.3 is 0 Å². The Morgan fingerprint density at radius 1 is 1.22 bits per heavy atom. The molecule has 0 spiro atoms. The smallest absolute Gasteiger partial charge is 0.253 e. The molecule has 0 saturated carbocycles. The fourth-order valence-corrected chi connectivity index (χ4v) is 3.26. The van der Waals surface area contributed by atoms with Crippen molar-refractivity contribution in [2.45, 2.75) is 34.2 Å². The third-order valence-electron chi connectivity index (χ3n) is 4.49. The highest BCUT2D eigenvalue weighted by Crippen LogP contribution is 2.24. The predicted octanol–water partition coefficient (Wildman–Crippen LogP) is 2.77. The van der Waals surface area contributed by atoms with Crippen LogP contribution in [0.1, 0.15) is 38.6 Å². The maximum atomic E-state index is 12.8. The normalized spacial score (nSPS) is 10.9. The Hall–Kier alpha value is -2.93. The van der Waals surface area contributed by atoms with Crippen molar-refractivity contribution < 1.29 is 4.79 Å². The van der Waals surface area contributed by atoms with Crippen LogP contribution in [0.5, 0.6) is 0 Å². The van der Waals surface area contributed by atoms with Crippen molar-refractivity contribution in [3.63, 3.8) is 0 Å². The van der Waals surface area contributed by atoms with Crippen molar-refractivity contribution in [1.29, 1.82) is 0 Å². The topological polar surface area (TPSA) is 92.7 Å². The van der Waals surface area contributed by atoms with Gasteiger partial charge in [0.05, 0.1) is 5.69 Å². The Bertz CT molecular complexity index is 1080. The first kappa shape index (κ1) is 18.8. The summed E-state index contributed by atoms with van der Waals surface area (Å²) in [5.74, 6) is 0.384. The molecule has 0 aliphatic rings. The molecule has 3 rings (SSSR count). The summed E-state index contributed by atoms with van der Waals surface area (Å²) in [6, 6.07) is 5.25. The summed E-state index contributed by atoms with van der Waals surface area (Å²) in [6.07, 6.45) is 1.57. The number of amides is 1. The van der Waals surface area contributed by atoms with Gasteiger partial charge in [0.25, 0.3) is 11.5 Å². The SMILES string of the molecule is Cc1cc(C)c(CNC(=O)c2cc(Cl)cc(-n3cnnc3C)c2C)c(=O)[nH]1. The fraction of sp³-hybridized carbons (Fsp3) is 0.263.